The first-order valence-corrected chi connectivity index (χ1v) is 11.6. The molecule has 4 nitrogen and oxygen atoms in total. The highest BCUT2D eigenvalue weighted by molar-refractivity contribution is 6.30. The average molecular weight is 443 g/mol. The third-order valence-electron chi connectivity index (χ3n) is 6.32. The van der Waals surface area contributed by atoms with Gasteiger partial charge >= 0.3 is 0 Å². The Morgan fingerprint density at radius 2 is 1.87 bits per heavy atom. The Balaban J connectivity index is 1.58. The molecule has 1 heterocycles. The molecule has 1 N–H and O–H groups in total. The van der Waals surface area contributed by atoms with E-state index in [-0.39, 0.29) is 17.9 Å². The average Bonchev–Trinajstić information content (AvgIpc) is 2.73. The molecule has 1 fully saturated rings. The Kier molecular flexibility index (Phi) is 8.01. The highest BCUT2D eigenvalue weighted by Crippen LogP contribution is 2.32. The monoisotopic (exact) mass is 442 g/mol. The summed E-state index contributed by atoms with van der Waals surface area (Å²) in [5.41, 5.74) is 4.71. The molecular weight excluding hydrogens is 408 g/mol. The molecule has 5 heteroatoms. The van der Waals surface area contributed by atoms with Gasteiger partial charge in [0.15, 0.2) is 0 Å². The first-order valence-electron chi connectivity index (χ1n) is 11.2. The summed E-state index contributed by atoms with van der Waals surface area (Å²) in [7, 11) is 1.71. The maximum absolute atomic E-state index is 13.0. The number of halogens is 1. The number of nitrogens with one attached hydrogen (secondary N) is 1. The number of rotatable bonds is 7. The second kappa shape index (κ2) is 10.5. The minimum Gasteiger partial charge on any atom is -0.496 e. The number of nitrogens with zero attached hydrogens (tertiary/aromatic N) is 1. The van der Waals surface area contributed by atoms with Crippen LogP contribution in [0.25, 0.3) is 0 Å². The van der Waals surface area contributed by atoms with Crippen LogP contribution in [0.15, 0.2) is 36.4 Å². The lowest BCUT2D eigenvalue weighted by atomic mass is 9.92. The van der Waals surface area contributed by atoms with Crippen LogP contribution in [0.3, 0.4) is 0 Å². The molecule has 1 atom stereocenters. The fourth-order valence-electron chi connectivity index (χ4n) is 4.47. The van der Waals surface area contributed by atoms with E-state index in [4.69, 9.17) is 16.3 Å². The minimum absolute atomic E-state index is 0.0274. The maximum Gasteiger partial charge on any atom is 0.223 e. The number of likely N-dealkylation sites (tertiary alicyclic amines) is 1. The molecule has 0 spiro atoms. The number of hydrogen-bond acceptors (Lipinski definition) is 3. The van der Waals surface area contributed by atoms with E-state index in [1.165, 1.54) is 11.1 Å². The van der Waals surface area contributed by atoms with Crippen molar-refractivity contribution in [3.63, 3.8) is 0 Å². The first-order chi connectivity index (χ1) is 14.8. The number of carbonyl (C=O) groups is 1. The number of amides is 1. The van der Waals surface area contributed by atoms with Crippen LogP contribution in [-0.2, 0) is 11.3 Å². The predicted molar refractivity (Wildman–Crippen MR) is 128 cm³/mol. The van der Waals surface area contributed by atoms with Gasteiger partial charge in [-0.1, -0.05) is 37.6 Å². The van der Waals surface area contributed by atoms with Crippen molar-refractivity contribution in [2.24, 2.45) is 5.92 Å². The quantitative estimate of drug-likeness (QED) is 0.583. The van der Waals surface area contributed by atoms with Crippen LogP contribution in [0.5, 0.6) is 5.75 Å². The molecule has 1 aliphatic rings. The van der Waals surface area contributed by atoms with E-state index in [2.05, 4.69) is 56.1 Å². The molecule has 1 aliphatic heterocycles. The van der Waals surface area contributed by atoms with Crippen molar-refractivity contribution in [3.8, 4) is 5.75 Å². The van der Waals surface area contributed by atoms with Crippen LogP contribution in [0, 0.1) is 12.8 Å². The lowest BCUT2D eigenvalue weighted by Gasteiger charge is -2.32. The first kappa shape index (κ1) is 23.6. The maximum atomic E-state index is 13.0. The van der Waals surface area contributed by atoms with Gasteiger partial charge in [-0.25, -0.2) is 0 Å². The molecule has 0 unspecified atom stereocenters. The number of hydrogen-bond donors (Lipinski definition) is 1. The smallest absolute Gasteiger partial charge is 0.223 e. The number of piperidine rings is 1. The Morgan fingerprint density at radius 1 is 1.16 bits per heavy atom. The fourth-order valence-corrected chi connectivity index (χ4v) is 4.68. The summed E-state index contributed by atoms with van der Waals surface area (Å²) in [6.07, 6.45) is 1.77. The molecule has 0 aromatic heterocycles. The number of carbonyl (C=O) groups excluding carboxylic acids is 1. The topological polar surface area (TPSA) is 41.6 Å². The Hall–Kier alpha value is -2.04. The molecule has 0 aliphatic carbocycles. The number of methoxy groups -OCH3 is 1. The molecule has 0 saturated carbocycles. The number of aryl methyl sites for hydroxylation is 1. The molecular formula is C26H35ClN2O2. The van der Waals surface area contributed by atoms with Gasteiger partial charge in [-0.15, -0.1) is 0 Å². The normalized spacial score (nSPS) is 16.4. The molecule has 168 valence electrons. The Bertz CT molecular complexity index is 904. The van der Waals surface area contributed by atoms with Crippen molar-refractivity contribution in [1.82, 2.24) is 10.2 Å². The van der Waals surface area contributed by atoms with Gasteiger partial charge in [0.1, 0.15) is 5.75 Å². The number of benzene rings is 2. The lowest BCUT2D eigenvalue weighted by molar-refractivity contribution is -0.127. The zero-order chi connectivity index (χ0) is 22.5. The van der Waals surface area contributed by atoms with Gasteiger partial charge in [0.05, 0.1) is 13.2 Å². The molecule has 3 rings (SSSR count). The zero-order valence-electron chi connectivity index (χ0n) is 19.4. The van der Waals surface area contributed by atoms with Gasteiger partial charge in [-0.3, -0.25) is 9.69 Å². The van der Waals surface area contributed by atoms with Crippen molar-refractivity contribution >= 4 is 17.5 Å². The van der Waals surface area contributed by atoms with Crippen molar-refractivity contribution in [2.75, 3.05) is 20.2 Å². The molecule has 1 amide bonds. The van der Waals surface area contributed by atoms with Gasteiger partial charge in [-0.05, 0) is 92.2 Å². The highest BCUT2D eigenvalue weighted by atomic mass is 35.5. The summed E-state index contributed by atoms with van der Waals surface area (Å²) >= 11 is 6.10. The van der Waals surface area contributed by atoms with E-state index in [1.54, 1.807) is 7.11 Å². The van der Waals surface area contributed by atoms with E-state index in [0.717, 1.165) is 54.4 Å². The molecule has 31 heavy (non-hydrogen) atoms. The molecule has 0 radical (unpaired) electrons. The standard InChI is InChI=1S/C26H35ClN2O2/c1-17(2)23-15-24(18(3)13-25(23)31-5)19(4)28-26(30)21-9-11-29(12-10-21)16-20-7-6-8-22(27)14-20/h6-8,13-15,17,19,21H,9-12,16H2,1-5H3,(H,28,30)/t19-/m0/s1. The largest absolute Gasteiger partial charge is 0.496 e. The SMILES string of the molecule is COc1cc(C)c([C@H](C)NC(=O)C2CCN(Cc3cccc(Cl)c3)CC2)cc1C(C)C. The van der Waals surface area contributed by atoms with E-state index >= 15 is 0 Å². The second-order valence-electron chi connectivity index (χ2n) is 9.02. The van der Waals surface area contributed by atoms with Gasteiger partial charge in [0.25, 0.3) is 0 Å². The Labute approximate surface area is 191 Å². The zero-order valence-corrected chi connectivity index (χ0v) is 20.1. The van der Waals surface area contributed by atoms with Crippen molar-refractivity contribution in [1.29, 1.82) is 0 Å². The van der Waals surface area contributed by atoms with Crippen LogP contribution < -0.4 is 10.1 Å². The van der Waals surface area contributed by atoms with Crippen LogP contribution in [0.2, 0.25) is 5.02 Å². The van der Waals surface area contributed by atoms with E-state index in [1.807, 2.05) is 18.2 Å². The minimum atomic E-state index is -0.0274. The van der Waals surface area contributed by atoms with Gasteiger partial charge in [0.2, 0.25) is 5.91 Å². The van der Waals surface area contributed by atoms with Crippen molar-refractivity contribution in [3.05, 3.63) is 63.7 Å². The fraction of sp³-hybridized carbons (Fsp3) is 0.500. The van der Waals surface area contributed by atoms with Crippen molar-refractivity contribution < 1.29 is 9.53 Å². The van der Waals surface area contributed by atoms with Crippen LogP contribution in [0.1, 0.15) is 67.8 Å². The Morgan fingerprint density at radius 3 is 2.48 bits per heavy atom. The number of ether oxygens (including phenoxy) is 1. The summed E-state index contributed by atoms with van der Waals surface area (Å²) in [5, 5.41) is 4.04. The molecule has 0 bridgehead atoms. The van der Waals surface area contributed by atoms with Crippen LogP contribution in [-0.4, -0.2) is 31.0 Å². The van der Waals surface area contributed by atoms with E-state index in [0.29, 0.717) is 5.92 Å². The summed E-state index contributed by atoms with van der Waals surface area (Å²) < 4.78 is 5.56. The highest BCUT2D eigenvalue weighted by Gasteiger charge is 2.26. The summed E-state index contributed by atoms with van der Waals surface area (Å²) in [4.78, 5) is 15.4. The van der Waals surface area contributed by atoms with Crippen LogP contribution >= 0.6 is 11.6 Å². The third kappa shape index (κ3) is 6.02. The summed E-state index contributed by atoms with van der Waals surface area (Å²) in [6.45, 7) is 11.2. The van der Waals surface area contributed by atoms with E-state index in [9.17, 15) is 4.79 Å². The molecule has 1 saturated heterocycles. The van der Waals surface area contributed by atoms with E-state index < -0.39 is 0 Å². The van der Waals surface area contributed by atoms with Gasteiger partial charge in [-0.2, -0.15) is 0 Å². The van der Waals surface area contributed by atoms with Gasteiger partial charge < -0.3 is 10.1 Å². The summed E-state index contributed by atoms with van der Waals surface area (Å²) in [6, 6.07) is 12.3. The van der Waals surface area contributed by atoms with Crippen molar-refractivity contribution in [2.45, 2.75) is 59.0 Å². The van der Waals surface area contributed by atoms with Crippen LogP contribution in [0.4, 0.5) is 0 Å². The predicted octanol–water partition coefficient (Wildman–Crippen LogP) is 5.87. The molecule has 2 aromatic rings. The second-order valence-corrected chi connectivity index (χ2v) is 9.45. The summed E-state index contributed by atoms with van der Waals surface area (Å²) in [5.74, 6) is 1.51. The molecule has 2 aromatic carbocycles. The third-order valence-corrected chi connectivity index (χ3v) is 6.55. The lowest BCUT2D eigenvalue weighted by Crippen LogP contribution is -2.41. The van der Waals surface area contributed by atoms with Gasteiger partial charge in [0, 0.05) is 17.5 Å².